The van der Waals surface area contributed by atoms with Crippen molar-refractivity contribution in [2.45, 2.75) is 12.7 Å². The molecule has 0 saturated carbocycles. The zero-order valence-electron chi connectivity index (χ0n) is 12.7. The molecule has 0 bridgehead atoms. The minimum absolute atomic E-state index is 0.0292. The molecule has 1 heterocycles. The van der Waals surface area contributed by atoms with Gasteiger partial charge in [-0.15, -0.1) is 0 Å². The molecule has 0 spiro atoms. The lowest BCUT2D eigenvalue weighted by molar-refractivity contribution is -0.137. The number of halogens is 3. The van der Waals surface area contributed by atoms with Crippen LogP contribution < -0.4 is 5.56 Å². The number of hydrogen-bond donors (Lipinski definition) is 1. The average Bonchev–Trinajstić information content (AvgIpc) is 2.56. The highest BCUT2D eigenvalue weighted by Gasteiger charge is 2.31. The van der Waals surface area contributed by atoms with Gasteiger partial charge in [-0.25, -0.2) is 4.79 Å². The first kappa shape index (κ1) is 16.8. The molecule has 4 nitrogen and oxygen atoms in total. The third-order valence-electron chi connectivity index (χ3n) is 3.84. The van der Waals surface area contributed by atoms with Gasteiger partial charge in [-0.3, -0.25) is 4.79 Å². The number of carboxylic acid groups (broad SMARTS) is 1. The number of rotatable bonds is 3. The Bertz CT molecular complexity index is 1010. The van der Waals surface area contributed by atoms with Gasteiger partial charge in [-0.1, -0.05) is 36.4 Å². The van der Waals surface area contributed by atoms with E-state index in [4.69, 9.17) is 0 Å². The molecule has 0 atom stereocenters. The molecule has 1 N–H and O–H groups in total. The molecule has 1 aromatic heterocycles. The van der Waals surface area contributed by atoms with Crippen molar-refractivity contribution in [2.75, 3.05) is 0 Å². The van der Waals surface area contributed by atoms with Crippen molar-refractivity contribution in [1.82, 2.24) is 4.57 Å². The largest absolute Gasteiger partial charge is 0.477 e. The maximum atomic E-state index is 13.0. The monoisotopic (exact) mass is 347 g/mol. The Labute approximate surface area is 139 Å². The number of aromatic carboxylic acids is 1. The molecule has 0 aliphatic rings. The molecule has 3 aromatic rings. The van der Waals surface area contributed by atoms with Gasteiger partial charge in [-0.05, 0) is 29.1 Å². The van der Waals surface area contributed by atoms with Gasteiger partial charge >= 0.3 is 12.1 Å². The number of benzene rings is 2. The maximum Gasteiger partial charge on any atom is 0.416 e. The summed E-state index contributed by atoms with van der Waals surface area (Å²) in [5.41, 5.74) is -1.52. The van der Waals surface area contributed by atoms with E-state index in [1.807, 2.05) is 0 Å². The molecule has 0 aliphatic carbocycles. The smallest absolute Gasteiger partial charge is 0.416 e. The van der Waals surface area contributed by atoms with Crippen LogP contribution in [0.5, 0.6) is 0 Å². The van der Waals surface area contributed by atoms with Gasteiger partial charge < -0.3 is 9.67 Å². The summed E-state index contributed by atoms with van der Waals surface area (Å²) >= 11 is 0. The Morgan fingerprint density at radius 2 is 1.72 bits per heavy atom. The second-order valence-electron chi connectivity index (χ2n) is 5.51. The van der Waals surface area contributed by atoms with Crippen LogP contribution in [-0.4, -0.2) is 15.6 Å². The summed E-state index contributed by atoms with van der Waals surface area (Å²) in [4.78, 5) is 23.8. The van der Waals surface area contributed by atoms with E-state index < -0.39 is 28.8 Å². The second-order valence-corrected chi connectivity index (χ2v) is 5.51. The quantitative estimate of drug-likeness (QED) is 0.785. The van der Waals surface area contributed by atoms with Crippen LogP contribution in [0.2, 0.25) is 0 Å². The molecule has 3 rings (SSSR count). The zero-order valence-corrected chi connectivity index (χ0v) is 12.7. The molecule has 0 fully saturated rings. The third kappa shape index (κ3) is 3.26. The lowest BCUT2D eigenvalue weighted by Crippen LogP contribution is -2.27. The van der Waals surface area contributed by atoms with E-state index in [9.17, 15) is 27.9 Å². The average molecular weight is 347 g/mol. The molecular formula is C18H12F3NO3. The topological polar surface area (TPSA) is 59.3 Å². The predicted octanol–water partition coefficient (Wildman–Crippen LogP) is 3.77. The van der Waals surface area contributed by atoms with Crippen LogP contribution in [0.1, 0.15) is 21.5 Å². The molecule has 128 valence electrons. The Morgan fingerprint density at radius 3 is 2.32 bits per heavy atom. The fourth-order valence-electron chi connectivity index (χ4n) is 2.62. The maximum absolute atomic E-state index is 13.0. The molecule has 0 aliphatic heterocycles. The van der Waals surface area contributed by atoms with Crippen molar-refractivity contribution in [3.63, 3.8) is 0 Å². The first-order valence-electron chi connectivity index (χ1n) is 7.29. The Kier molecular flexibility index (Phi) is 4.08. The lowest BCUT2D eigenvalue weighted by atomic mass is 10.1. The normalized spacial score (nSPS) is 11.6. The molecule has 0 radical (unpaired) electrons. The SMILES string of the molecule is O=C(O)c1cc2ccc(C(F)(F)F)cc2n(Cc2ccccc2)c1=O. The Hall–Kier alpha value is -3.09. The fraction of sp³-hybridized carbons (Fsp3) is 0.111. The van der Waals surface area contributed by atoms with Gasteiger partial charge in [0.05, 0.1) is 17.6 Å². The van der Waals surface area contributed by atoms with Crippen molar-refractivity contribution in [2.24, 2.45) is 0 Å². The summed E-state index contributed by atoms with van der Waals surface area (Å²) in [7, 11) is 0. The van der Waals surface area contributed by atoms with Crippen LogP contribution >= 0.6 is 0 Å². The molecule has 0 unspecified atom stereocenters. The standard InChI is InChI=1S/C18H12F3NO3/c19-18(20,21)13-7-6-12-8-14(17(24)25)16(23)22(15(12)9-13)10-11-4-2-1-3-5-11/h1-9H,10H2,(H,24,25). The number of aromatic nitrogens is 1. The van der Waals surface area contributed by atoms with Crippen LogP contribution in [0.25, 0.3) is 10.9 Å². The van der Waals surface area contributed by atoms with E-state index in [2.05, 4.69) is 0 Å². The number of hydrogen-bond acceptors (Lipinski definition) is 2. The highest BCUT2D eigenvalue weighted by atomic mass is 19.4. The van der Waals surface area contributed by atoms with Gasteiger partial charge in [0.25, 0.3) is 5.56 Å². The number of carbonyl (C=O) groups is 1. The minimum atomic E-state index is -4.56. The summed E-state index contributed by atoms with van der Waals surface area (Å²) in [6.07, 6.45) is -4.56. The molecule has 25 heavy (non-hydrogen) atoms. The van der Waals surface area contributed by atoms with Crippen molar-refractivity contribution in [3.05, 3.63) is 81.6 Å². The van der Waals surface area contributed by atoms with E-state index >= 15 is 0 Å². The van der Waals surface area contributed by atoms with E-state index in [0.29, 0.717) is 5.56 Å². The van der Waals surface area contributed by atoms with Gasteiger partial charge in [-0.2, -0.15) is 13.2 Å². The second kappa shape index (κ2) is 6.08. The van der Waals surface area contributed by atoms with Gasteiger partial charge in [0.15, 0.2) is 0 Å². The number of alkyl halides is 3. The summed E-state index contributed by atoms with van der Waals surface area (Å²) in [6.45, 7) is -0.0292. The minimum Gasteiger partial charge on any atom is -0.477 e. The highest BCUT2D eigenvalue weighted by Crippen LogP contribution is 2.31. The zero-order chi connectivity index (χ0) is 18.2. The van der Waals surface area contributed by atoms with Crippen LogP contribution in [0.4, 0.5) is 13.2 Å². The van der Waals surface area contributed by atoms with Gasteiger partial charge in [0.2, 0.25) is 0 Å². The predicted molar refractivity (Wildman–Crippen MR) is 85.7 cm³/mol. The van der Waals surface area contributed by atoms with Gasteiger partial charge in [0.1, 0.15) is 5.56 Å². The highest BCUT2D eigenvalue weighted by molar-refractivity contribution is 5.92. The molecule has 7 heteroatoms. The van der Waals surface area contributed by atoms with Crippen LogP contribution in [0.15, 0.2) is 59.4 Å². The van der Waals surface area contributed by atoms with Crippen LogP contribution in [-0.2, 0) is 12.7 Å². The van der Waals surface area contributed by atoms with E-state index in [0.717, 1.165) is 22.8 Å². The fourth-order valence-corrected chi connectivity index (χ4v) is 2.62. The molecule has 0 saturated heterocycles. The van der Waals surface area contributed by atoms with Crippen molar-refractivity contribution in [3.8, 4) is 0 Å². The molecule has 0 amide bonds. The lowest BCUT2D eigenvalue weighted by Gasteiger charge is -2.14. The van der Waals surface area contributed by atoms with Gasteiger partial charge in [0, 0.05) is 0 Å². The first-order valence-corrected chi connectivity index (χ1v) is 7.29. The number of nitrogens with zero attached hydrogens (tertiary/aromatic N) is 1. The van der Waals surface area contributed by atoms with E-state index in [1.54, 1.807) is 30.3 Å². The summed E-state index contributed by atoms with van der Waals surface area (Å²) in [5.74, 6) is -1.42. The third-order valence-corrected chi connectivity index (χ3v) is 3.84. The molecular weight excluding hydrogens is 335 g/mol. The van der Waals surface area contributed by atoms with E-state index in [1.165, 1.54) is 6.07 Å². The number of carboxylic acids is 1. The number of pyridine rings is 1. The van der Waals surface area contributed by atoms with Crippen molar-refractivity contribution < 1.29 is 23.1 Å². The Morgan fingerprint density at radius 1 is 1.04 bits per heavy atom. The van der Waals surface area contributed by atoms with Crippen LogP contribution in [0.3, 0.4) is 0 Å². The van der Waals surface area contributed by atoms with Crippen molar-refractivity contribution >= 4 is 16.9 Å². The number of fused-ring (bicyclic) bond motifs is 1. The summed E-state index contributed by atoms with van der Waals surface area (Å²) < 4.78 is 40.1. The first-order chi connectivity index (χ1) is 11.8. The summed E-state index contributed by atoms with van der Waals surface area (Å²) in [5, 5.41) is 9.46. The summed E-state index contributed by atoms with van der Waals surface area (Å²) in [6, 6.07) is 12.6. The molecule has 2 aromatic carbocycles. The Balaban J connectivity index is 2.30. The van der Waals surface area contributed by atoms with Crippen LogP contribution in [0, 0.1) is 0 Å². The van der Waals surface area contributed by atoms with E-state index in [-0.39, 0.29) is 17.4 Å². The van der Waals surface area contributed by atoms with Crippen molar-refractivity contribution in [1.29, 1.82) is 0 Å².